The van der Waals surface area contributed by atoms with Crippen molar-refractivity contribution in [3.8, 4) is 0 Å². The van der Waals surface area contributed by atoms with Crippen molar-refractivity contribution in [2.75, 3.05) is 0 Å². The van der Waals surface area contributed by atoms with Crippen LogP contribution in [0.25, 0.3) is 0 Å². The van der Waals surface area contributed by atoms with Crippen molar-refractivity contribution in [1.82, 2.24) is 0 Å². The fourth-order valence-electron chi connectivity index (χ4n) is 2.02. The Morgan fingerprint density at radius 1 is 1.27 bits per heavy atom. The number of carbonyl (C=O) groups excluding carboxylic acids is 1. The van der Waals surface area contributed by atoms with E-state index in [0.717, 1.165) is 31.1 Å². The molecule has 0 heterocycles. The van der Waals surface area contributed by atoms with Gasteiger partial charge in [-0.05, 0) is 37.0 Å². The zero-order chi connectivity index (χ0) is 10.9. The molecule has 0 spiro atoms. The third-order valence-corrected chi connectivity index (χ3v) is 3.90. The van der Waals surface area contributed by atoms with E-state index in [4.69, 9.17) is 23.2 Å². The minimum absolute atomic E-state index is 0.200. The summed E-state index contributed by atoms with van der Waals surface area (Å²) in [5.74, 6) is 0. The van der Waals surface area contributed by atoms with Crippen LogP contribution in [-0.4, -0.2) is 6.29 Å². The van der Waals surface area contributed by atoms with Gasteiger partial charge in [0, 0.05) is 15.5 Å². The summed E-state index contributed by atoms with van der Waals surface area (Å²) in [7, 11) is 0. The quantitative estimate of drug-likeness (QED) is 0.735. The molecule has 1 nitrogen and oxygen atoms in total. The summed E-state index contributed by atoms with van der Waals surface area (Å²) >= 11 is 12.1. The second kappa shape index (κ2) is 4.15. The van der Waals surface area contributed by atoms with Gasteiger partial charge in [-0.25, -0.2) is 0 Å². The molecular formula is C12H12Cl2O. The molecule has 15 heavy (non-hydrogen) atoms. The highest BCUT2D eigenvalue weighted by molar-refractivity contribution is 6.36. The van der Waals surface area contributed by atoms with Crippen molar-refractivity contribution in [3.63, 3.8) is 0 Å². The zero-order valence-corrected chi connectivity index (χ0v) is 9.81. The molecule has 1 fully saturated rings. The molecule has 1 aliphatic rings. The molecular weight excluding hydrogens is 231 g/mol. The first-order valence-corrected chi connectivity index (χ1v) is 5.82. The minimum atomic E-state index is -0.200. The maximum atomic E-state index is 11.0. The van der Waals surface area contributed by atoms with Gasteiger partial charge in [-0.1, -0.05) is 35.7 Å². The SMILES string of the molecule is O=CC1(Cc2c(Cl)cccc2Cl)CCC1. The number of halogens is 2. The number of carbonyl (C=O) groups is 1. The van der Waals surface area contributed by atoms with Gasteiger partial charge in [-0.15, -0.1) is 0 Å². The maximum absolute atomic E-state index is 11.0. The van der Waals surface area contributed by atoms with Crippen LogP contribution in [0, 0.1) is 5.41 Å². The topological polar surface area (TPSA) is 17.1 Å². The van der Waals surface area contributed by atoms with Crippen LogP contribution in [0.2, 0.25) is 10.0 Å². The minimum Gasteiger partial charge on any atom is -0.303 e. The van der Waals surface area contributed by atoms with Crippen molar-refractivity contribution in [1.29, 1.82) is 0 Å². The summed E-state index contributed by atoms with van der Waals surface area (Å²) in [5.41, 5.74) is 0.710. The number of benzene rings is 1. The van der Waals surface area contributed by atoms with E-state index in [0.29, 0.717) is 16.5 Å². The Balaban J connectivity index is 2.27. The molecule has 80 valence electrons. The van der Waals surface area contributed by atoms with Gasteiger partial charge in [0.25, 0.3) is 0 Å². The van der Waals surface area contributed by atoms with Crippen LogP contribution in [0.4, 0.5) is 0 Å². The van der Waals surface area contributed by atoms with Crippen molar-refractivity contribution in [2.45, 2.75) is 25.7 Å². The third kappa shape index (κ3) is 2.04. The van der Waals surface area contributed by atoms with Crippen molar-refractivity contribution in [2.24, 2.45) is 5.41 Å². The molecule has 1 aromatic rings. The predicted octanol–water partition coefficient (Wildman–Crippen LogP) is 3.91. The van der Waals surface area contributed by atoms with Gasteiger partial charge >= 0.3 is 0 Å². The van der Waals surface area contributed by atoms with E-state index in [1.54, 1.807) is 0 Å². The molecule has 1 aliphatic carbocycles. The van der Waals surface area contributed by atoms with Crippen LogP contribution in [0.3, 0.4) is 0 Å². The Kier molecular flexibility index (Phi) is 3.03. The number of aldehydes is 1. The van der Waals surface area contributed by atoms with Crippen LogP contribution >= 0.6 is 23.2 Å². The lowest BCUT2D eigenvalue weighted by molar-refractivity contribution is -0.120. The van der Waals surface area contributed by atoms with Crippen LogP contribution in [0.15, 0.2) is 18.2 Å². The molecule has 0 unspecified atom stereocenters. The average Bonchev–Trinajstić information content (AvgIpc) is 2.15. The molecule has 0 N–H and O–H groups in total. The van der Waals surface area contributed by atoms with E-state index in [1.807, 2.05) is 18.2 Å². The van der Waals surface area contributed by atoms with Crippen LogP contribution in [0.5, 0.6) is 0 Å². The molecule has 1 saturated carbocycles. The Morgan fingerprint density at radius 2 is 1.87 bits per heavy atom. The first kappa shape index (κ1) is 11.0. The Labute approximate surface area is 99.4 Å². The Hall–Kier alpha value is -0.530. The van der Waals surface area contributed by atoms with Gasteiger partial charge in [0.05, 0.1) is 0 Å². The molecule has 0 aromatic heterocycles. The molecule has 0 bridgehead atoms. The van der Waals surface area contributed by atoms with Crippen molar-refractivity contribution in [3.05, 3.63) is 33.8 Å². The van der Waals surface area contributed by atoms with Gasteiger partial charge in [-0.2, -0.15) is 0 Å². The van der Waals surface area contributed by atoms with E-state index in [-0.39, 0.29) is 5.41 Å². The molecule has 0 radical (unpaired) electrons. The standard InChI is InChI=1S/C12H12Cl2O/c13-10-3-1-4-11(14)9(10)7-12(8-15)5-2-6-12/h1,3-4,8H,2,5-7H2. The lowest BCUT2D eigenvalue weighted by Gasteiger charge is -2.37. The zero-order valence-electron chi connectivity index (χ0n) is 8.30. The molecule has 0 amide bonds. The third-order valence-electron chi connectivity index (χ3n) is 3.19. The number of rotatable bonds is 3. The van der Waals surface area contributed by atoms with E-state index in [1.165, 1.54) is 0 Å². The van der Waals surface area contributed by atoms with E-state index in [2.05, 4.69) is 0 Å². The highest BCUT2D eigenvalue weighted by atomic mass is 35.5. The van der Waals surface area contributed by atoms with Crippen LogP contribution < -0.4 is 0 Å². The summed E-state index contributed by atoms with van der Waals surface area (Å²) in [6.07, 6.45) is 4.78. The van der Waals surface area contributed by atoms with Crippen LogP contribution in [0.1, 0.15) is 24.8 Å². The van der Waals surface area contributed by atoms with Gasteiger partial charge in [0.15, 0.2) is 0 Å². The van der Waals surface area contributed by atoms with Gasteiger partial charge in [0.2, 0.25) is 0 Å². The van der Waals surface area contributed by atoms with Crippen molar-refractivity contribution < 1.29 is 4.79 Å². The molecule has 0 atom stereocenters. The second-order valence-electron chi connectivity index (χ2n) is 4.21. The van der Waals surface area contributed by atoms with Crippen LogP contribution in [-0.2, 0) is 11.2 Å². The summed E-state index contributed by atoms with van der Waals surface area (Å²) in [6, 6.07) is 5.46. The summed E-state index contributed by atoms with van der Waals surface area (Å²) in [5, 5.41) is 1.33. The monoisotopic (exact) mass is 242 g/mol. The Morgan fingerprint density at radius 3 is 2.27 bits per heavy atom. The largest absolute Gasteiger partial charge is 0.303 e. The van der Waals surface area contributed by atoms with E-state index >= 15 is 0 Å². The molecule has 0 aliphatic heterocycles. The normalized spacial score (nSPS) is 18.3. The maximum Gasteiger partial charge on any atom is 0.126 e. The summed E-state index contributed by atoms with van der Waals surface area (Å²) < 4.78 is 0. The molecule has 1 aromatic carbocycles. The average molecular weight is 243 g/mol. The molecule has 2 rings (SSSR count). The van der Waals surface area contributed by atoms with Gasteiger partial charge in [0.1, 0.15) is 6.29 Å². The first-order chi connectivity index (χ1) is 7.17. The lowest BCUT2D eigenvalue weighted by Crippen LogP contribution is -2.33. The first-order valence-electron chi connectivity index (χ1n) is 5.06. The molecule has 0 saturated heterocycles. The smallest absolute Gasteiger partial charge is 0.126 e. The fourth-order valence-corrected chi connectivity index (χ4v) is 2.55. The second-order valence-corrected chi connectivity index (χ2v) is 5.03. The Bertz CT molecular complexity index is 363. The highest BCUT2D eigenvalue weighted by Crippen LogP contribution is 2.44. The summed E-state index contributed by atoms with van der Waals surface area (Å²) in [6.45, 7) is 0. The lowest BCUT2D eigenvalue weighted by atomic mass is 9.66. The van der Waals surface area contributed by atoms with E-state index in [9.17, 15) is 4.79 Å². The number of hydrogen-bond donors (Lipinski definition) is 0. The van der Waals surface area contributed by atoms with Crippen molar-refractivity contribution >= 4 is 29.5 Å². The predicted molar refractivity (Wildman–Crippen MR) is 62.5 cm³/mol. The molecule has 3 heteroatoms. The van der Waals surface area contributed by atoms with Gasteiger partial charge < -0.3 is 4.79 Å². The van der Waals surface area contributed by atoms with E-state index < -0.39 is 0 Å². The van der Waals surface area contributed by atoms with Gasteiger partial charge in [-0.3, -0.25) is 0 Å². The highest BCUT2D eigenvalue weighted by Gasteiger charge is 2.37. The summed E-state index contributed by atoms with van der Waals surface area (Å²) in [4.78, 5) is 11.0. The number of hydrogen-bond acceptors (Lipinski definition) is 1. The fraction of sp³-hybridized carbons (Fsp3) is 0.417.